The normalized spacial score (nSPS) is 16.4. The van der Waals surface area contributed by atoms with Gasteiger partial charge in [-0.2, -0.15) is 4.98 Å². The van der Waals surface area contributed by atoms with Crippen LogP contribution in [0.5, 0.6) is 11.5 Å². The summed E-state index contributed by atoms with van der Waals surface area (Å²) in [5.41, 5.74) is 1.84. The summed E-state index contributed by atoms with van der Waals surface area (Å²) in [5, 5.41) is 3.00. The summed E-state index contributed by atoms with van der Waals surface area (Å²) in [6, 6.07) is 7.29. The highest BCUT2D eigenvalue weighted by atomic mass is 16.6. The quantitative estimate of drug-likeness (QED) is 0.363. The zero-order chi connectivity index (χ0) is 28.6. The van der Waals surface area contributed by atoms with Crippen molar-refractivity contribution in [1.82, 2.24) is 29.7 Å². The Balaban J connectivity index is 1.24. The zero-order valence-corrected chi connectivity index (χ0v) is 23.3. The molecule has 4 heterocycles. The van der Waals surface area contributed by atoms with Gasteiger partial charge in [0.25, 0.3) is 0 Å². The lowest BCUT2D eigenvalue weighted by Crippen LogP contribution is -2.57. The standard InChI is InChI=1S/C28H35N7O6/c1-20-15-25(32-27(31-20)34-8-7-29-19-34)33-9-10-35(28(37)41-12-11-38-2)22(18-33)17-26(36)30-6-5-21-3-4-23-24(16-21)40-14-13-39-23/h3-4,7-8,15-16,19,22H,5-6,9-14,17-18H2,1-2H3,(H,30,36). The van der Waals surface area contributed by atoms with E-state index in [0.717, 1.165) is 28.6 Å². The van der Waals surface area contributed by atoms with Gasteiger partial charge in [-0.25, -0.2) is 14.8 Å². The van der Waals surface area contributed by atoms with Gasteiger partial charge in [0, 0.05) is 63.9 Å². The number of aromatic nitrogens is 4. The number of carbonyl (C=O) groups excluding carboxylic acids is 2. The Morgan fingerprint density at radius 1 is 1.10 bits per heavy atom. The van der Waals surface area contributed by atoms with Gasteiger partial charge < -0.3 is 34.1 Å². The molecule has 13 nitrogen and oxygen atoms in total. The fraction of sp³-hybridized carbons (Fsp3) is 0.464. The van der Waals surface area contributed by atoms with Crippen LogP contribution >= 0.6 is 0 Å². The number of hydrogen-bond donors (Lipinski definition) is 1. The van der Waals surface area contributed by atoms with Gasteiger partial charge in [0.2, 0.25) is 11.9 Å². The lowest BCUT2D eigenvalue weighted by Gasteiger charge is -2.41. The maximum absolute atomic E-state index is 13.1. The fourth-order valence-electron chi connectivity index (χ4n) is 4.84. The number of piperazine rings is 1. The molecule has 1 unspecified atom stereocenters. The third kappa shape index (κ3) is 7.23. The number of nitrogens with zero attached hydrogens (tertiary/aromatic N) is 6. The Bertz CT molecular complexity index is 1340. The van der Waals surface area contributed by atoms with Crippen molar-refractivity contribution in [1.29, 1.82) is 0 Å². The molecule has 0 bridgehead atoms. The monoisotopic (exact) mass is 565 g/mol. The Morgan fingerprint density at radius 2 is 1.95 bits per heavy atom. The van der Waals surface area contributed by atoms with Gasteiger partial charge in [-0.15, -0.1) is 0 Å². The van der Waals surface area contributed by atoms with Crippen molar-refractivity contribution in [2.45, 2.75) is 25.8 Å². The molecule has 1 N–H and O–H groups in total. The van der Waals surface area contributed by atoms with E-state index in [2.05, 4.69) is 20.2 Å². The van der Waals surface area contributed by atoms with Crippen molar-refractivity contribution < 1.29 is 28.5 Å². The number of nitrogens with one attached hydrogen (secondary N) is 1. The molecule has 13 heteroatoms. The van der Waals surface area contributed by atoms with Gasteiger partial charge in [0.1, 0.15) is 32.0 Å². The number of methoxy groups -OCH3 is 1. The fourth-order valence-corrected chi connectivity index (χ4v) is 4.84. The highest BCUT2D eigenvalue weighted by Crippen LogP contribution is 2.30. The molecule has 1 fully saturated rings. The summed E-state index contributed by atoms with van der Waals surface area (Å²) in [5.74, 6) is 2.53. The molecule has 1 aromatic carbocycles. The summed E-state index contributed by atoms with van der Waals surface area (Å²) < 4.78 is 23.4. The van der Waals surface area contributed by atoms with Crippen LogP contribution in [-0.2, 0) is 20.7 Å². The predicted octanol–water partition coefficient (Wildman–Crippen LogP) is 1.76. The summed E-state index contributed by atoms with van der Waals surface area (Å²) in [6.07, 6.45) is 5.39. The maximum atomic E-state index is 13.1. The molecule has 0 aliphatic carbocycles. The Kier molecular flexibility index (Phi) is 9.14. The van der Waals surface area contributed by atoms with Gasteiger partial charge >= 0.3 is 6.09 Å². The number of ether oxygens (including phenoxy) is 4. The zero-order valence-electron chi connectivity index (χ0n) is 23.3. The number of hydrogen-bond acceptors (Lipinski definition) is 10. The first-order valence-electron chi connectivity index (χ1n) is 13.7. The van der Waals surface area contributed by atoms with Gasteiger partial charge in [-0.05, 0) is 31.0 Å². The Labute approximate surface area is 238 Å². The molecule has 2 aliphatic rings. The molecule has 0 saturated carbocycles. The average molecular weight is 566 g/mol. The van der Waals surface area contributed by atoms with Crippen LogP contribution in [-0.4, -0.2) is 102 Å². The van der Waals surface area contributed by atoms with E-state index in [4.69, 9.17) is 23.9 Å². The topological polar surface area (TPSA) is 133 Å². The lowest BCUT2D eigenvalue weighted by molar-refractivity contribution is -0.122. The Morgan fingerprint density at radius 3 is 2.76 bits per heavy atom. The predicted molar refractivity (Wildman–Crippen MR) is 149 cm³/mol. The number of carbonyl (C=O) groups is 2. The van der Waals surface area contributed by atoms with Gasteiger partial charge in [0.15, 0.2) is 11.5 Å². The number of fused-ring (bicyclic) bond motifs is 1. The Hall–Kier alpha value is -4.39. The van der Waals surface area contributed by atoms with Crippen LogP contribution in [0.25, 0.3) is 5.95 Å². The molecule has 1 atom stereocenters. The van der Waals surface area contributed by atoms with Crippen LogP contribution in [0.2, 0.25) is 0 Å². The van der Waals surface area contributed by atoms with Crippen LogP contribution < -0.4 is 19.7 Å². The van der Waals surface area contributed by atoms with E-state index < -0.39 is 12.1 Å². The smallest absolute Gasteiger partial charge is 0.410 e. The number of amides is 2. The van der Waals surface area contributed by atoms with E-state index in [1.807, 2.05) is 31.2 Å². The van der Waals surface area contributed by atoms with Crippen molar-refractivity contribution in [2.75, 3.05) is 64.6 Å². The highest BCUT2D eigenvalue weighted by molar-refractivity contribution is 5.78. The van der Waals surface area contributed by atoms with Crippen molar-refractivity contribution in [3.8, 4) is 17.4 Å². The van der Waals surface area contributed by atoms with E-state index in [9.17, 15) is 9.59 Å². The highest BCUT2D eigenvalue weighted by Gasteiger charge is 2.34. The van der Waals surface area contributed by atoms with Crippen molar-refractivity contribution in [3.05, 3.63) is 54.2 Å². The SMILES string of the molecule is COCCOC(=O)N1CCN(c2cc(C)nc(-n3ccnc3)n2)CC1CC(=O)NCCc1ccc2c(c1)OCCO2. The lowest BCUT2D eigenvalue weighted by atomic mass is 10.1. The molecule has 41 heavy (non-hydrogen) atoms. The summed E-state index contributed by atoms with van der Waals surface area (Å²) in [7, 11) is 1.55. The minimum Gasteiger partial charge on any atom is -0.486 e. The number of anilines is 1. The second-order valence-electron chi connectivity index (χ2n) is 9.82. The summed E-state index contributed by atoms with van der Waals surface area (Å²) in [4.78, 5) is 43.0. The summed E-state index contributed by atoms with van der Waals surface area (Å²) in [6.45, 7) is 5.18. The van der Waals surface area contributed by atoms with E-state index >= 15 is 0 Å². The maximum Gasteiger partial charge on any atom is 0.410 e. The molecule has 2 aliphatic heterocycles. The molecule has 5 rings (SSSR count). The van der Waals surface area contributed by atoms with Crippen LogP contribution in [0.15, 0.2) is 43.0 Å². The third-order valence-corrected chi connectivity index (χ3v) is 6.88. The molecular weight excluding hydrogens is 530 g/mol. The molecular formula is C28H35N7O6. The van der Waals surface area contributed by atoms with E-state index in [1.165, 1.54) is 0 Å². The van der Waals surface area contributed by atoms with E-state index in [0.29, 0.717) is 58.4 Å². The largest absolute Gasteiger partial charge is 0.486 e. The number of benzene rings is 1. The van der Waals surface area contributed by atoms with Crippen molar-refractivity contribution >= 4 is 17.8 Å². The van der Waals surface area contributed by atoms with Crippen LogP contribution in [0.4, 0.5) is 10.6 Å². The van der Waals surface area contributed by atoms with Gasteiger partial charge in [0.05, 0.1) is 12.6 Å². The number of aryl methyl sites for hydroxylation is 1. The van der Waals surface area contributed by atoms with Gasteiger partial charge in [-0.3, -0.25) is 9.36 Å². The van der Waals surface area contributed by atoms with Gasteiger partial charge in [-0.1, -0.05) is 6.07 Å². The molecule has 218 valence electrons. The molecule has 0 radical (unpaired) electrons. The average Bonchev–Trinajstić information content (AvgIpc) is 3.52. The molecule has 3 aromatic rings. The molecule has 2 aromatic heterocycles. The van der Waals surface area contributed by atoms with Crippen LogP contribution in [0.1, 0.15) is 17.7 Å². The molecule has 1 saturated heterocycles. The minimum absolute atomic E-state index is 0.120. The first-order valence-corrected chi connectivity index (χ1v) is 13.7. The number of rotatable bonds is 10. The number of imidazole rings is 1. The summed E-state index contributed by atoms with van der Waals surface area (Å²) >= 11 is 0. The molecule has 0 spiro atoms. The minimum atomic E-state index is -0.464. The van der Waals surface area contributed by atoms with Crippen LogP contribution in [0.3, 0.4) is 0 Å². The van der Waals surface area contributed by atoms with E-state index in [1.54, 1.807) is 35.3 Å². The van der Waals surface area contributed by atoms with E-state index in [-0.39, 0.29) is 18.9 Å². The van der Waals surface area contributed by atoms with Crippen LogP contribution in [0, 0.1) is 6.92 Å². The van der Waals surface area contributed by atoms with Crippen molar-refractivity contribution in [2.24, 2.45) is 0 Å². The first kappa shape index (κ1) is 28.1. The molecule has 2 amide bonds. The second-order valence-corrected chi connectivity index (χ2v) is 9.82. The second kappa shape index (κ2) is 13.3. The third-order valence-electron chi connectivity index (χ3n) is 6.88. The van der Waals surface area contributed by atoms with Crippen molar-refractivity contribution in [3.63, 3.8) is 0 Å². The first-order chi connectivity index (χ1) is 20.0.